The molecular weight excluding hydrogens is 352 g/mol. The summed E-state index contributed by atoms with van der Waals surface area (Å²) in [7, 11) is 0. The number of nitrogens with one attached hydrogen (secondary N) is 1. The van der Waals surface area contributed by atoms with Gasteiger partial charge in [-0.25, -0.2) is 0 Å². The van der Waals surface area contributed by atoms with Crippen LogP contribution in [-0.4, -0.2) is 35.9 Å². The van der Waals surface area contributed by atoms with Gasteiger partial charge in [0.2, 0.25) is 11.8 Å². The lowest BCUT2D eigenvalue weighted by Crippen LogP contribution is -2.47. The van der Waals surface area contributed by atoms with E-state index in [0.717, 1.165) is 11.3 Å². The molecule has 1 N–H and O–H groups in total. The normalized spacial score (nSPS) is 11.5. The van der Waals surface area contributed by atoms with E-state index in [1.807, 2.05) is 68.4 Å². The lowest BCUT2D eigenvalue weighted by Gasteiger charge is -2.28. The lowest BCUT2D eigenvalue weighted by atomic mass is 10.1. The summed E-state index contributed by atoms with van der Waals surface area (Å²) < 4.78 is 5.71. The summed E-state index contributed by atoms with van der Waals surface area (Å²) in [5.74, 6) is 0.618. The van der Waals surface area contributed by atoms with E-state index in [1.165, 1.54) is 5.56 Å². The van der Waals surface area contributed by atoms with Gasteiger partial charge < -0.3 is 15.0 Å². The first-order chi connectivity index (χ1) is 13.5. The molecule has 150 valence electrons. The van der Waals surface area contributed by atoms with Crippen LogP contribution in [0.4, 0.5) is 0 Å². The van der Waals surface area contributed by atoms with Crippen LogP contribution in [0.15, 0.2) is 54.6 Å². The molecule has 0 bridgehead atoms. The second-order valence-corrected chi connectivity index (χ2v) is 6.84. The molecule has 1 unspecified atom stereocenters. The monoisotopic (exact) mass is 382 g/mol. The summed E-state index contributed by atoms with van der Waals surface area (Å²) in [6, 6.07) is 17.1. The zero-order valence-electron chi connectivity index (χ0n) is 17.0. The van der Waals surface area contributed by atoms with Crippen LogP contribution in [0.5, 0.6) is 5.75 Å². The van der Waals surface area contributed by atoms with Gasteiger partial charge in [-0.3, -0.25) is 9.59 Å². The summed E-state index contributed by atoms with van der Waals surface area (Å²) in [5.41, 5.74) is 2.18. The fraction of sp³-hybridized carbons (Fsp3) is 0.391. The minimum atomic E-state index is -0.523. The maximum absolute atomic E-state index is 12.8. The SMILES string of the molecule is CCNC(=O)C(C)N(Cc1ccccc1)C(=O)CCCOc1ccc(C)cc1. The van der Waals surface area contributed by atoms with Gasteiger partial charge in [0.25, 0.3) is 0 Å². The Labute approximate surface area is 167 Å². The summed E-state index contributed by atoms with van der Waals surface area (Å²) in [6.07, 6.45) is 0.933. The molecule has 5 nitrogen and oxygen atoms in total. The molecule has 28 heavy (non-hydrogen) atoms. The quantitative estimate of drug-likeness (QED) is 0.637. The van der Waals surface area contributed by atoms with E-state index in [4.69, 9.17) is 4.74 Å². The van der Waals surface area contributed by atoms with Gasteiger partial charge in [-0.1, -0.05) is 48.0 Å². The van der Waals surface area contributed by atoms with Gasteiger partial charge in [-0.15, -0.1) is 0 Å². The molecule has 2 aromatic rings. The summed E-state index contributed by atoms with van der Waals surface area (Å²) in [6.45, 7) is 7.09. The fourth-order valence-electron chi connectivity index (χ4n) is 2.88. The molecule has 0 spiro atoms. The van der Waals surface area contributed by atoms with Crippen LogP contribution in [0.3, 0.4) is 0 Å². The minimum Gasteiger partial charge on any atom is -0.494 e. The zero-order chi connectivity index (χ0) is 20.4. The van der Waals surface area contributed by atoms with Gasteiger partial charge in [0, 0.05) is 19.5 Å². The summed E-state index contributed by atoms with van der Waals surface area (Å²) in [4.78, 5) is 26.8. The number of hydrogen-bond acceptors (Lipinski definition) is 3. The highest BCUT2D eigenvalue weighted by Crippen LogP contribution is 2.14. The highest BCUT2D eigenvalue weighted by Gasteiger charge is 2.25. The van der Waals surface area contributed by atoms with Gasteiger partial charge >= 0.3 is 0 Å². The summed E-state index contributed by atoms with van der Waals surface area (Å²) >= 11 is 0. The number of carbonyl (C=O) groups excluding carboxylic acids is 2. The molecule has 0 heterocycles. The Morgan fingerprint density at radius 3 is 2.39 bits per heavy atom. The molecule has 0 saturated carbocycles. The molecule has 0 aliphatic rings. The number of carbonyl (C=O) groups is 2. The maximum Gasteiger partial charge on any atom is 0.242 e. The van der Waals surface area contributed by atoms with Crippen molar-refractivity contribution in [2.24, 2.45) is 0 Å². The van der Waals surface area contributed by atoms with E-state index >= 15 is 0 Å². The standard InChI is InChI=1S/C23H30N2O3/c1-4-24-23(27)19(3)25(17-20-9-6-5-7-10-20)22(26)11-8-16-28-21-14-12-18(2)13-15-21/h5-7,9-10,12-15,19H,4,8,11,16-17H2,1-3H3,(H,24,27). The van der Waals surface area contributed by atoms with Gasteiger partial charge in [0.15, 0.2) is 0 Å². The predicted octanol–water partition coefficient (Wildman–Crippen LogP) is 3.71. The highest BCUT2D eigenvalue weighted by atomic mass is 16.5. The Bertz CT molecular complexity index is 744. The van der Waals surface area contributed by atoms with Crippen LogP contribution in [0.25, 0.3) is 0 Å². The fourth-order valence-corrected chi connectivity index (χ4v) is 2.88. The van der Waals surface area contributed by atoms with Gasteiger partial charge in [0.05, 0.1) is 6.61 Å². The van der Waals surface area contributed by atoms with Crippen LogP contribution in [0.1, 0.15) is 37.8 Å². The molecule has 2 rings (SSSR count). The van der Waals surface area contributed by atoms with E-state index in [1.54, 1.807) is 11.8 Å². The van der Waals surface area contributed by atoms with Crippen molar-refractivity contribution in [2.75, 3.05) is 13.2 Å². The number of amides is 2. The molecule has 0 saturated heterocycles. The first-order valence-electron chi connectivity index (χ1n) is 9.81. The molecule has 2 amide bonds. The van der Waals surface area contributed by atoms with Crippen molar-refractivity contribution >= 4 is 11.8 Å². The second kappa shape index (κ2) is 11.1. The van der Waals surface area contributed by atoms with E-state index < -0.39 is 6.04 Å². The largest absolute Gasteiger partial charge is 0.494 e. The van der Waals surface area contributed by atoms with Crippen molar-refractivity contribution < 1.29 is 14.3 Å². The van der Waals surface area contributed by atoms with E-state index in [0.29, 0.717) is 32.5 Å². The van der Waals surface area contributed by atoms with Crippen molar-refractivity contribution in [1.82, 2.24) is 10.2 Å². The molecular formula is C23H30N2O3. The van der Waals surface area contributed by atoms with Crippen LogP contribution < -0.4 is 10.1 Å². The first kappa shape index (κ1) is 21.5. The van der Waals surface area contributed by atoms with E-state index in [-0.39, 0.29) is 11.8 Å². The van der Waals surface area contributed by atoms with Crippen molar-refractivity contribution in [3.8, 4) is 5.75 Å². The Kier molecular flexibility index (Phi) is 8.53. The number of benzene rings is 2. The molecule has 0 aliphatic heterocycles. The number of nitrogens with zero attached hydrogens (tertiary/aromatic N) is 1. The number of ether oxygens (including phenoxy) is 1. The second-order valence-electron chi connectivity index (χ2n) is 6.84. The van der Waals surface area contributed by atoms with Crippen molar-refractivity contribution in [3.05, 3.63) is 65.7 Å². The number of rotatable bonds is 10. The van der Waals surface area contributed by atoms with E-state index in [2.05, 4.69) is 5.32 Å². The van der Waals surface area contributed by atoms with Crippen LogP contribution in [0.2, 0.25) is 0 Å². The topological polar surface area (TPSA) is 58.6 Å². The predicted molar refractivity (Wildman–Crippen MR) is 111 cm³/mol. The van der Waals surface area contributed by atoms with Crippen molar-refractivity contribution in [3.63, 3.8) is 0 Å². The third-order valence-corrected chi connectivity index (χ3v) is 4.54. The average Bonchev–Trinajstić information content (AvgIpc) is 2.71. The van der Waals surface area contributed by atoms with Gasteiger partial charge in [0.1, 0.15) is 11.8 Å². The average molecular weight is 383 g/mol. The third kappa shape index (κ3) is 6.72. The number of hydrogen-bond donors (Lipinski definition) is 1. The molecule has 0 aromatic heterocycles. The Morgan fingerprint density at radius 1 is 1.07 bits per heavy atom. The molecule has 5 heteroatoms. The van der Waals surface area contributed by atoms with Crippen molar-refractivity contribution in [1.29, 1.82) is 0 Å². The molecule has 2 aromatic carbocycles. The minimum absolute atomic E-state index is 0.0462. The van der Waals surface area contributed by atoms with Gasteiger partial charge in [-0.05, 0) is 44.9 Å². The van der Waals surface area contributed by atoms with Gasteiger partial charge in [-0.2, -0.15) is 0 Å². The van der Waals surface area contributed by atoms with Crippen LogP contribution in [-0.2, 0) is 16.1 Å². The Balaban J connectivity index is 1.93. The summed E-state index contributed by atoms with van der Waals surface area (Å²) in [5, 5.41) is 2.80. The lowest BCUT2D eigenvalue weighted by molar-refractivity contribution is -0.140. The number of likely N-dealkylation sites (N-methyl/N-ethyl adjacent to an activating group) is 1. The highest BCUT2D eigenvalue weighted by molar-refractivity contribution is 5.87. The third-order valence-electron chi connectivity index (χ3n) is 4.54. The molecule has 0 radical (unpaired) electrons. The van der Waals surface area contributed by atoms with E-state index in [9.17, 15) is 9.59 Å². The zero-order valence-corrected chi connectivity index (χ0v) is 17.0. The molecule has 1 atom stereocenters. The smallest absolute Gasteiger partial charge is 0.242 e. The molecule has 0 aliphatic carbocycles. The number of aryl methyl sites for hydroxylation is 1. The Morgan fingerprint density at radius 2 is 1.75 bits per heavy atom. The van der Waals surface area contributed by atoms with Crippen LogP contribution >= 0.6 is 0 Å². The van der Waals surface area contributed by atoms with Crippen molar-refractivity contribution in [2.45, 2.75) is 46.2 Å². The molecule has 0 fully saturated rings. The Hall–Kier alpha value is -2.82. The first-order valence-corrected chi connectivity index (χ1v) is 9.81. The maximum atomic E-state index is 12.8. The van der Waals surface area contributed by atoms with Crippen LogP contribution in [0, 0.1) is 6.92 Å².